The fraction of sp³-hybridized carbons (Fsp3) is 0.346. The normalized spacial score (nSPS) is 17.5. The SMILES string of the molecule is C[C@@H]1CCCN(c2ccc([C@H](C)NC(=O)COc3cccc4ccccc34)cc2)C1. The molecular formula is C26H30N2O2. The Hall–Kier alpha value is -3.01. The molecule has 1 heterocycles. The lowest BCUT2D eigenvalue weighted by Crippen LogP contribution is -2.34. The Bertz CT molecular complexity index is 994. The van der Waals surface area contributed by atoms with Crippen molar-refractivity contribution < 1.29 is 9.53 Å². The molecule has 4 rings (SSSR count). The molecule has 1 saturated heterocycles. The predicted octanol–water partition coefficient (Wildman–Crippen LogP) is 5.33. The molecule has 1 aliphatic heterocycles. The third-order valence-electron chi connectivity index (χ3n) is 5.90. The van der Waals surface area contributed by atoms with Gasteiger partial charge in [-0.05, 0) is 54.8 Å². The molecule has 0 saturated carbocycles. The summed E-state index contributed by atoms with van der Waals surface area (Å²) >= 11 is 0. The van der Waals surface area contributed by atoms with E-state index in [9.17, 15) is 4.79 Å². The maximum absolute atomic E-state index is 12.4. The van der Waals surface area contributed by atoms with E-state index in [1.165, 1.54) is 18.5 Å². The largest absolute Gasteiger partial charge is 0.483 e. The molecule has 3 aromatic carbocycles. The first kappa shape index (κ1) is 20.3. The number of hydrogen-bond acceptors (Lipinski definition) is 3. The first-order chi connectivity index (χ1) is 14.6. The number of nitrogens with zero attached hydrogens (tertiary/aromatic N) is 1. The minimum atomic E-state index is -0.121. The van der Waals surface area contributed by atoms with Gasteiger partial charge in [0.25, 0.3) is 5.91 Å². The fourth-order valence-electron chi connectivity index (χ4n) is 4.23. The highest BCUT2D eigenvalue weighted by Gasteiger charge is 2.17. The summed E-state index contributed by atoms with van der Waals surface area (Å²) in [5, 5.41) is 5.16. The van der Waals surface area contributed by atoms with Gasteiger partial charge in [-0.3, -0.25) is 4.79 Å². The third kappa shape index (κ3) is 4.76. The highest BCUT2D eigenvalue weighted by molar-refractivity contribution is 5.88. The van der Waals surface area contributed by atoms with Crippen LogP contribution in [0.4, 0.5) is 5.69 Å². The molecule has 30 heavy (non-hydrogen) atoms. The molecule has 1 fully saturated rings. The second-order valence-corrected chi connectivity index (χ2v) is 8.34. The number of ether oxygens (including phenoxy) is 1. The van der Waals surface area contributed by atoms with Crippen molar-refractivity contribution in [2.45, 2.75) is 32.7 Å². The van der Waals surface area contributed by atoms with E-state index in [1.54, 1.807) is 0 Å². The Balaban J connectivity index is 1.33. The summed E-state index contributed by atoms with van der Waals surface area (Å²) in [5.74, 6) is 1.36. The Morgan fingerprint density at radius 2 is 1.87 bits per heavy atom. The molecule has 3 aromatic rings. The standard InChI is InChI=1S/C26H30N2O2/c1-19-7-6-16-28(17-19)23-14-12-21(13-15-23)20(2)27-26(29)18-30-25-11-5-9-22-8-3-4-10-24(22)25/h3-5,8-15,19-20H,6-7,16-18H2,1-2H3,(H,27,29)/t19-,20+/m1/s1. The maximum atomic E-state index is 12.4. The first-order valence-electron chi connectivity index (χ1n) is 10.8. The summed E-state index contributed by atoms with van der Waals surface area (Å²) in [7, 11) is 0. The van der Waals surface area contributed by atoms with E-state index in [-0.39, 0.29) is 18.6 Å². The lowest BCUT2D eigenvalue weighted by molar-refractivity contribution is -0.123. The Morgan fingerprint density at radius 1 is 1.10 bits per heavy atom. The molecule has 4 nitrogen and oxygen atoms in total. The second kappa shape index (κ2) is 9.21. The number of benzene rings is 3. The minimum absolute atomic E-state index is 0.00208. The van der Waals surface area contributed by atoms with E-state index in [4.69, 9.17) is 4.74 Å². The third-order valence-corrected chi connectivity index (χ3v) is 5.90. The van der Waals surface area contributed by atoms with Gasteiger partial charge in [-0.15, -0.1) is 0 Å². The van der Waals surface area contributed by atoms with Crippen LogP contribution in [0.1, 0.15) is 38.3 Å². The molecule has 0 aromatic heterocycles. The lowest BCUT2D eigenvalue weighted by atomic mass is 9.99. The molecule has 0 spiro atoms. The summed E-state index contributed by atoms with van der Waals surface area (Å²) in [4.78, 5) is 14.9. The summed E-state index contributed by atoms with van der Waals surface area (Å²) in [5.41, 5.74) is 2.37. The number of anilines is 1. The average molecular weight is 403 g/mol. The minimum Gasteiger partial charge on any atom is -0.483 e. The van der Waals surface area contributed by atoms with Crippen molar-refractivity contribution in [1.29, 1.82) is 0 Å². The number of hydrogen-bond donors (Lipinski definition) is 1. The van der Waals surface area contributed by atoms with Gasteiger partial charge in [0.2, 0.25) is 0 Å². The number of amides is 1. The topological polar surface area (TPSA) is 41.6 Å². The van der Waals surface area contributed by atoms with Crippen molar-refractivity contribution in [2.75, 3.05) is 24.6 Å². The predicted molar refractivity (Wildman–Crippen MR) is 123 cm³/mol. The smallest absolute Gasteiger partial charge is 0.258 e. The van der Waals surface area contributed by atoms with E-state index in [2.05, 4.69) is 41.4 Å². The van der Waals surface area contributed by atoms with Gasteiger partial charge in [0, 0.05) is 24.2 Å². The van der Waals surface area contributed by atoms with Crippen molar-refractivity contribution in [3.05, 3.63) is 72.3 Å². The molecule has 4 heteroatoms. The average Bonchev–Trinajstić information content (AvgIpc) is 2.77. The van der Waals surface area contributed by atoms with Crippen LogP contribution in [0.25, 0.3) is 10.8 Å². The van der Waals surface area contributed by atoms with Crippen LogP contribution in [-0.2, 0) is 4.79 Å². The van der Waals surface area contributed by atoms with Gasteiger partial charge in [0.1, 0.15) is 5.75 Å². The lowest BCUT2D eigenvalue weighted by Gasteiger charge is -2.33. The van der Waals surface area contributed by atoms with E-state index in [0.29, 0.717) is 0 Å². The van der Waals surface area contributed by atoms with Crippen LogP contribution in [0.3, 0.4) is 0 Å². The zero-order valence-corrected chi connectivity index (χ0v) is 17.8. The van der Waals surface area contributed by atoms with Gasteiger partial charge >= 0.3 is 0 Å². The van der Waals surface area contributed by atoms with Gasteiger partial charge in [-0.25, -0.2) is 0 Å². The van der Waals surface area contributed by atoms with E-state index >= 15 is 0 Å². The van der Waals surface area contributed by atoms with Crippen LogP contribution in [0.5, 0.6) is 5.75 Å². The Kier molecular flexibility index (Phi) is 6.22. The van der Waals surface area contributed by atoms with Gasteiger partial charge in [-0.1, -0.05) is 55.5 Å². The van der Waals surface area contributed by atoms with Crippen molar-refractivity contribution in [3.63, 3.8) is 0 Å². The second-order valence-electron chi connectivity index (χ2n) is 8.34. The van der Waals surface area contributed by atoms with E-state index in [0.717, 1.165) is 41.1 Å². The quantitative estimate of drug-likeness (QED) is 0.606. The van der Waals surface area contributed by atoms with Crippen molar-refractivity contribution >= 4 is 22.4 Å². The maximum Gasteiger partial charge on any atom is 0.258 e. The number of piperidine rings is 1. The van der Waals surface area contributed by atoms with Gasteiger partial charge < -0.3 is 15.0 Å². The summed E-state index contributed by atoms with van der Waals surface area (Å²) < 4.78 is 5.81. The zero-order chi connectivity index (χ0) is 20.9. The number of carbonyl (C=O) groups excluding carboxylic acids is 1. The Morgan fingerprint density at radius 3 is 2.67 bits per heavy atom. The highest BCUT2D eigenvalue weighted by atomic mass is 16.5. The summed E-state index contributed by atoms with van der Waals surface area (Å²) in [6, 6.07) is 22.4. The summed E-state index contributed by atoms with van der Waals surface area (Å²) in [6.45, 7) is 6.58. The molecular weight excluding hydrogens is 372 g/mol. The van der Waals surface area contributed by atoms with Crippen LogP contribution < -0.4 is 15.0 Å². The molecule has 0 aliphatic carbocycles. The summed E-state index contributed by atoms with van der Waals surface area (Å²) in [6.07, 6.45) is 2.57. The van der Waals surface area contributed by atoms with Crippen LogP contribution in [0.2, 0.25) is 0 Å². The molecule has 1 N–H and O–H groups in total. The van der Waals surface area contributed by atoms with E-state index in [1.807, 2.05) is 49.4 Å². The number of rotatable bonds is 6. The van der Waals surface area contributed by atoms with Crippen molar-refractivity contribution in [1.82, 2.24) is 5.32 Å². The number of fused-ring (bicyclic) bond motifs is 1. The molecule has 1 aliphatic rings. The molecule has 0 bridgehead atoms. The molecule has 0 unspecified atom stereocenters. The van der Waals surface area contributed by atoms with Gasteiger partial charge in [0.15, 0.2) is 6.61 Å². The van der Waals surface area contributed by atoms with Crippen LogP contribution in [0.15, 0.2) is 66.7 Å². The first-order valence-corrected chi connectivity index (χ1v) is 10.8. The number of nitrogens with one attached hydrogen (secondary N) is 1. The fourth-order valence-corrected chi connectivity index (χ4v) is 4.23. The van der Waals surface area contributed by atoms with Crippen LogP contribution in [-0.4, -0.2) is 25.6 Å². The highest BCUT2D eigenvalue weighted by Crippen LogP contribution is 2.26. The van der Waals surface area contributed by atoms with Gasteiger partial charge in [0.05, 0.1) is 6.04 Å². The molecule has 2 atom stereocenters. The molecule has 156 valence electrons. The van der Waals surface area contributed by atoms with E-state index < -0.39 is 0 Å². The Labute approximate surface area is 178 Å². The zero-order valence-electron chi connectivity index (χ0n) is 17.8. The monoisotopic (exact) mass is 402 g/mol. The van der Waals surface area contributed by atoms with Crippen molar-refractivity contribution in [2.24, 2.45) is 5.92 Å². The number of carbonyl (C=O) groups is 1. The van der Waals surface area contributed by atoms with Crippen LogP contribution in [0, 0.1) is 5.92 Å². The van der Waals surface area contributed by atoms with Gasteiger partial charge in [-0.2, -0.15) is 0 Å². The molecule has 0 radical (unpaired) electrons. The van der Waals surface area contributed by atoms with Crippen LogP contribution >= 0.6 is 0 Å². The molecule has 1 amide bonds. The van der Waals surface area contributed by atoms with Crippen molar-refractivity contribution in [3.8, 4) is 5.75 Å².